The summed E-state index contributed by atoms with van der Waals surface area (Å²) < 4.78 is 0. The highest BCUT2D eigenvalue weighted by Gasteiger charge is 2.14. The predicted molar refractivity (Wildman–Crippen MR) is 104 cm³/mol. The maximum Gasteiger partial charge on any atom is 0.0239 e. The molecule has 0 unspecified atom stereocenters. The fourth-order valence-corrected chi connectivity index (χ4v) is 3.62. The second kappa shape index (κ2) is 6.10. The Balaban J connectivity index is 2.19. The number of benzene rings is 4. The third-order valence-corrected chi connectivity index (χ3v) is 4.58. The monoisotopic (exact) mass is 311 g/mol. The van der Waals surface area contributed by atoms with Gasteiger partial charge >= 0.3 is 0 Å². The third-order valence-electron chi connectivity index (χ3n) is 4.58. The van der Waals surface area contributed by atoms with Gasteiger partial charge < -0.3 is 4.90 Å². The maximum absolute atomic E-state index is 2.26. The van der Waals surface area contributed by atoms with Crippen molar-refractivity contribution in [3.63, 3.8) is 0 Å². The Bertz CT molecular complexity index is 943. The molecule has 0 saturated heterocycles. The van der Waals surface area contributed by atoms with E-state index in [1.54, 1.807) is 0 Å². The van der Waals surface area contributed by atoms with Gasteiger partial charge in [-0.15, -0.1) is 0 Å². The number of fused-ring (bicyclic) bond motifs is 2. The van der Waals surface area contributed by atoms with Crippen LogP contribution in [0.5, 0.6) is 0 Å². The van der Waals surface area contributed by atoms with Gasteiger partial charge in [0.2, 0.25) is 0 Å². The van der Waals surface area contributed by atoms with Gasteiger partial charge in [0.25, 0.3) is 0 Å². The molecule has 1 heteroatoms. The Morgan fingerprint density at radius 1 is 0.583 bits per heavy atom. The predicted octanol–water partition coefficient (Wildman–Crippen LogP) is 5.72. The molecule has 0 atom stereocenters. The molecule has 0 heterocycles. The summed E-state index contributed by atoms with van der Waals surface area (Å²) in [6.45, 7) is 0.941. The molecular weight excluding hydrogens is 290 g/mol. The first-order valence-corrected chi connectivity index (χ1v) is 8.38. The van der Waals surface area contributed by atoms with E-state index >= 15 is 0 Å². The quantitative estimate of drug-likeness (QED) is 0.437. The number of hydrogen-bond donors (Lipinski definition) is 0. The van der Waals surface area contributed by atoms with Gasteiger partial charge in [0.15, 0.2) is 0 Å². The van der Waals surface area contributed by atoms with E-state index in [2.05, 4.69) is 97.9 Å². The van der Waals surface area contributed by atoms with Crippen LogP contribution in [0.25, 0.3) is 32.7 Å². The number of rotatable bonds is 3. The number of hydrogen-bond acceptors (Lipinski definition) is 1. The molecule has 0 spiro atoms. The standard InChI is InChI=1S/C23H21N/c1-24(2)16-22-18-12-6-8-14-20(18)23(17-10-4-3-5-11-17)21-15-9-7-13-19(21)22/h3-15H,16H2,1-2H3. The average Bonchev–Trinajstić information content (AvgIpc) is 2.62. The lowest BCUT2D eigenvalue weighted by Crippen LogP contribution is -2.11. The van der Waals surface area contributed by atoms with Crippen molar-refractivity contribution in [2.24, 2.45) is 0 Å². The van der Waals surface area contributed by atoms with Crippen LogP contribution in [0, 0.1) is 0 Å². The zero-order valence-corrected chi connectivity index (χ0v) is 14.2. The SMILES string of the molecule is CN(C)Cc1c2ccccc2c(-c2ccccc2)c2ccccc12. The van der Waals surface area contributed by atoms with E-state index < -0.39 is 0 Å². The molecule has 1 nitrogen and oxygen atoms in total. The summed E-state index contributed by atoms with van der Waals surface area (Å²) in [5.74, 6) is 0. The molecule has 0 N–H and O–H groups in total. The molecule has 0 radical (unpaired) electrons. The fraction of sp³-hybridized carbons (Fsp3) is 0.130. The summed E-state index contributed by atoms with van der Waals surface area (Å²) in [5, 5.41) is 5.37. The molecule has 0 saturated carbocycles. The summed E-state index contributed by atoms with van der Waals surface area (Å²) >= 11 is 0. The molecule has 0 bridgehead atoms. The normalized spacial score (nSPS) is 11.5. The van der Waals surface area contributed by atoms with Crippen molar-refractivity contribution >= 4 is 21.5 Å². The summed E-state index contributed by atoms with van der Waals surface area (Å²) in [6.07, 6.45) is 0. The van der Waals surface area contributed by atoms with Crippen molar-refractivity contribution in [1.82, 2.24) is 4.90 Å². The van der Waals surface area contributed by atoms with Crippen LogP contribution in [0.2, 0.25) is 0 Å². The zero-order valence-electron chi connectivity index (χ0n) is 14.2. The molecule has 0 aliphatic carbocycles. The van der Waals surface area contributed by atoms with Crippen LogP contribution in [0.4, 0.5) is 0 Å². The average molecular weight is 311 g/mol. The van der Waals surface area contributed by atoms with Gasteiger partial charge in [-0.05, 0) is 52.3 Å². The van der Waals surface area contributed by atoms with E-state index in [9.17, 15) is 0 Å². The van der Waals surface area contributed by atoms with Gasteiger partial charge in [-0.3, -0.25) is 0 Å². The first-order valence-electron chi connectivity index (χ1n) is 8.38. The Morgan fingerprint density at radius 2 is 1.04 bits per heavy atom. The molecule has 0 amide bonds. The van der Waals surface area contributed by atoms with Crippen molar-refractivity contribution in [2.45, 2.75) is 6.54 Å². The first kappa shape index (κ1) is 14.9. The van der Waals surface area contributed by atoms with Crippen molar-refractivity contribution < 1.29 is 0 Å². The Hall–Kier alpha value is -2.64. The molecular formula is C23H21N. The Kier molecular flexibility index (Phi) is 3.79. The van der Waals surface area contributed by atoms with Gasteiger partial charge in [-0.25, -0.2) is 0 Å². The van der Waals surface area contributed by atoms with Crippen molar-refractivity contribution in [3.05, 3.63) is 84.4 Å². The minimum Gasteiger partial charge on any atom is -0.305 e. The van der Waals surface area contributed by atoms with Crippen molar-refractivity contribution in [1.29, 1.82) is 0 Å². The second-order valence-corrected chi connectivity index (χ2v) is 6.55. The van der Waals surface area contributed by atoms with Crippen molar-refractivity contribution in [2.75, 3.05) is 14.1 Å². The third kappa shape index (κ3) is 2.47. The highest BCUT2D eigenvalue weighted by molar-refractivity contribution is 6.14. The summed E-state index contributed by atoms with van der Waals surface area (Å²) in [4.78, 5) is 2.25. The van der Waals surface area contributed by atoms with E-state index in [-0.39, 0.29) is 0 Å². The topological polar surface area (TPSA) is 3.24 Å². The maximum atomic E-state index is 2.26. The van der Waals surface area contributed by atoms with Gasteiger partial charge in [0, 0.05) is 6.54 Å². The highest BCUT2D eigenvalue weighted by atomic mass is 15.0. The highest BCUT2D eigenvalue weighted by Crippen LogP contribution is 2.39. The lowest BCUT2D eigenvalue weighted by atomic mass is 9.88. The summed E-state index contributed by atoms with van der Waals surface area (Å²) in [5.41, 5.74) is 4.02. The Morgan fingerprint density at radius 3 is 1.54 bits per heavy atom. The lowest BCUT2D eigenvalue weighted by Gasteiger charge is -2.19. The zero-order chi connectivity index (χ0) is 16.5. The minimum absolute atomic E-state index is 0.941. The fourth-order valence-electron chi connectivity index (χ4n) is 3.62. The van der Waals surface area contributed by atoms with Crippen molar-refractivity contribution in [3.8, 4) is 11.1 Å². The van der Waals surface area contributed by atoms with Gasteiger partial charge in [-0.1, -0.05) is 78.9 Å². The molecule has 4 rings (SSSR count). The lowest BCUT2D eigenvalue weighted by molar-refractivity contribution is 0.405. The van der Waals surface area contributed by atoms with Crippen LogP contribution < -0.4 is 0 Å². The molecule has 0 aliphatic heterocycles. The number of nitrogens with zero attached hydrogens (tertiary/aromatic N) is 1. The van der Waals surface area contributed by atoms with Crippen LogP contribution in [0.1, 0.15) is 5.56 Å². The molecule has 0 aliphatic rings. The molecule has 0 aromatic heterocycles. The van der Waals surface area contributed by atoms with Crippen LogP contribution in [0.3, 0.4) is 0 Å². The van der Waals surface area contributed by atoms with Crippen LogP contribution in [-0.4, -0.2) is 19.0 Å². The Labute approximate surface area is 143 Å². The van der Waals surface area contributed by atoms with Gasteiger partial charge in [0.05, 0.1) is 0 Å². The molecule has 0 fully saturated rings. The van der Waals surface area contributed by atoms with E-state index in [1.807, 2.05) is 0 Å². The first-order chi connectivity index (χ1) is 11.8. The van der Waals surface area contributed by atoms with E-state index in [0.29, 0.717) is 0 Å². The van der Waals surface area contributed by atoms with Gasteiger partial charge in [-0.2, -0.15) is 0 Å². The van der Waals surface area contributed by atoms with E-state index in [4.69, 9.17) is 0 Å². The largest absolute Gasteiger partial charge is 0.305 e. The molecule has 4 aromatic carbocycles. The van der Waals surface area contributed by atoms with Crippen LogP contribution >= 0.6 is 0 Å². The molecule has 118 valence electrons. The van der Waals surface area contributed by atoms with Crippen LogP contribution in [0.15, 0.2) is 78.9 Å². The summed E-state index contributed by atoms with van der Waals surface area (Å²) in [7, 11) is 4.27. The smallest absolute Gasteiger partial charge is 0.0239 e. The summed E-state index contributed by atoms with van der Waals surface area (Å²) in [6, 6.07) is 28.3. The molecule has 4 aromatic rings. The second-order valence-electron chi connectivity index (χ2n) is 6.55. The van der Waals surface area contributed by atoms with Gasteiger partial charge in [0.1, 0.15) is 0 Å². The van der Waals surface area contributed by atoms with E-state index in [0.717, 1.165) is 6.54 Å². The van der Waals surface area contributed by atoms with Crippen LogP contribution in [-0.2, 0) is 6.54 Å². The molecule has 24 heavy (non-hydrogen) atoms. The minimum atomic E-state index is 0.941. The van der Waals surface area contributed by atoms with E-state index in [1.165, 1.54) is 38.2 Å².